The molecule has 1 saturated carbocycles. The van der Waals surface area contributed by atoms with Gasteiger partial charge in [0.25, 0.3) is 0 Å². The van der Waals surface area contributed by atoms with Gasteiger partial charge < -0.3 is 19.6 Å². The van der Waals surface area contributed by atoms with Crippen molar-refractivity contribution >= 4 is 17.3 Å². The van der Waals surface area contributed by atoms with Crippen LogP contribution in [0.1, 0.15) is 45.6 Å². The number of aryl methyl sites for hydroxylation is 1. The number of halogens is 1. The molecule has 1 aliphatic carbocycles. The fraction of sp³-hybridized carbons (Fsp3) is 0.750. The van der Waals surface area contributed by atoms with Crippen LogP contribution >= 0.6 is 11.6 Å². The topological polar surface area (TPSA) is 37.1 Å². The average molecular weight is 424 g/mol. The zero-order chi connectivity index (χ0) is 21.0. The summed E-state index contributed by atoms with van der Waals surface area (Å²) in [7, 11) is 0. The Morgan fingerprint density at radius 3 is 2.66 bits per heavy atom. The van der Waals surface area contributed by atoms with E-state index >= 15 is 0 Å². The first-order valence-corrected chi connectivity index (χ1v) is 11.9. The second kappa shape index (κ2) is 10.5. The largest absolute Gasteiger partial charge is 0.385 e. The molecule has 0 amide bonds. The minimum atomic E-state index is -0.380. The summed E-state index contributed by atoms with van der Waals surface area (Å²) in [6.07, 6.45) is 3.64. The average Bonchev–Trinajstić information content (AvgIpc) is 2.69. The van der Waals surface area contributed by atoms with Crippen LogP contribution in [0, 0.1) is 24.7 Å². The van der Waals surface area contributed by atoms with Crippen LogP contribution in [0.5, 0.6) is 0 Å². The SMILES string of the molecule is Cc1ccc(Cl)cc1N1CC[NH+](C[C@H](O)CO[C@H]2C[C@H](C)CC[C@@H]2C(C)C)CC1. The molecule has 5 heteroatoms. The molecule has 2 aliphatic rings. The maximum atomic E-state index is 10.6. The molecule has 0 unspecified atom stereocenters. The standard InChI is InChI=1S/C24H39ClN2O2/c1-17(2)22-8-5-18(3)13-24(22)29-16-21(28)15-26-9-11-27(12-10-26)23-14-20(25)7-6-19(23)4/h6-7,14,17-18,21-22,24,28H,5,8-13,15-16H2,1-4H3/p+1/t18-,21+,22-,24+/m1/s1. The number of quaternary nitrogens is 1. The molecule has 2 N–H and O–H groups in total. The van der Waals surface area contributed by atoms with Crippen LogP contribution in [0.2, 0.25) is 5.02 Å². The lowest BCUT2D eigenvalue weighted by Crippen LogP contribution is -3.16. The van der Waals surface area contributed by atoms with Crippen molar-refractivity contribution in [3.63, 3.8) is 0 Å². The van der Waals surface area contributed by atoms with Gasteiger partial charge in [-0.25, -0.2) is 0 Å². The fourth-order valence-corrected chi connectivity index (χ4v) is 5.29. The lowest BCUT2D eigenvalue weighted by atomic mass is 9.75. The number of nitrogens with zero attached hydrogens (tertiary/aromatic N) is 1. The molecule has 4 nitrogen and oxygen atoms in total. The zero-order valence-corrected chi connectivity index (χ0v) is 19.4. The first-order valence-electron chi connectivity index (χ1n) is 11.5. The molecule has 1 saturated heterocycles. The number of hydrogen-bond donors (Lipinski definition) is 2. The monoisotopic (exact) mass is 423 g/mol. The van der Waals surface area contributed by atoms with Crippen molar-refractivity contribution in [1.82, 2.24) is 0 Å². The van der Waals surface area contributed by atoms with Crippen molar-refractivity contribution in [3.05, 3.63) is 28.8 Å². The zero-order valence-electron chi connectivity index (χ0n) is 18.7. The maximum Gasteiger partial charge on any atom is 0.126 e. The molecule has 29 heavy (non-hydrogen) atoms. The third kappa shape index (κ3) is 6.33. The Balaban J connectivity index is 1.43. The molecule has 164 valence electrons. The van der Waals surface area contributed by atoms with E-state index in [1.807, 2.05) is 6.07 Å². The van der Waals surface area contributed by atoms with Crippen molar-refractivity contribution < 1.29 is 14.7 Å². The van der Waals surface area contributed by atoms with Gasteiger partial charge in [-0.15, -0.1) is 0 Å². The summed E-state index contributed by atoms with van der Waals surface area (Å²) < 4.78 is 6.26. The number of aliphatic hydroxyl groups excluding tert-OH is 1. The van der Waals surface area contributed by atoms with Gasteiger partial charge in [-0.05, 0) is 55.2 Å². The predicted octanol–water partition coefficient (Wildman–Crippen LogP) is 3.19. The smallest absolute Gasteiger partial charge is 0.126 e. The van der Waals surface area contributed by atoms with Gasteiger partial charge in [-0.3, -0.25) is 0 Å². The summed E-state index contributed by atoms with van der Waals surface area (Å²) >= 11 is 6.19. The lowest BCUT2D eigenvalue weighted by molar-refractivity contribution is -0.903. The van der Waals surface area contributed by atoms with Gasteiger partial charge in [0.05, 0.1) is 38.9 Å². The Kier molecular flexibility index (Phi) is 8.26. The highest BCUT2D eigenvalue weighted by Crippen LogP contribution is 2.35. The maximum absolute atomic E-state index is 10.6. The number of hydrogen-bond acceptors (Lipinski definition) is 3. The summed E-state index contributed by atoms with van der Waals surface area (Å²) in [5.41, 5.74) is 2.51. The minimum Gasteiger partial charge on any atom is -0.385 e. The Labute approximate surface area is 182 Å². The van der Waals surface area contributed by atoms with E-state index in [0.29, 0.717) is 24.5 Å². The van der Waals surface area contributed by atoms with Gasteiger partial charge in [0.1, 0.15) is 12.6 Å². The molecule has 1 heterocycles. The first-order chi connectivity index (χ1) is 13.8. The van der Waals surface area contributed by atoms with Crippen LogP contribution in [-0.2, 0) is 4.74 Å². The van der Waals surface area contributed by atoms with E-state index in [0.717, 1.165) is 50.1 Å². The van der Waals surface area contributed by atoms with E-state index in [-0.39, 0.29) is 6.10 Å². The Hall–Kier alpha value is -0.810. The molecule has 4 atom stereocenters. The van der Waals surface area contributed by atoms with Crippen LogP contribution in [0.15, 0.2) is 18.2 Å². The van der Waals surface area contributed by atoms with Crippen molar-refractivity contribution in [2.24, 2.45) is 17.8 Å². The number of ether oxygens (including phenoxy) is 1. The molecular weight excluding hydrogens is 384 g/mol. The molecule has 0 spiro atoms. The van der Waals surface area contributed by atoms with Crippen molar-refractivity contribution in [2.45, 2.75) is 59.2 Å². The van der Waals surface area contributed by atoms with Crippen molar-refractivity contribution in [1.29, 1.82) is 0 Å². The first kappa shape index (κ1) is 22.9. The van der Waals surface area contributed by atoms with Gasteiger partial charge in [-0.1, -0.05) is 44.9 Å². The molecule has 3 rings (SSSR count). The third-order valence-corrected chi connectivity index (χ3v) is 7.21. The number of nitrogens with one attached hydrogen (secondary N) is 1. The molecule has 2 fully saturated rings. The Morgan fingerprint density at radius 2 is 1.97 bits per heavy atom. The molecule has 1 aromatic carbocycles. The number of benzene rings is 1. The van der Waals surface area contributed by atoms with Gasteiger partial charge in [-0.2, -0.15) is 0 Å². The number of rotatable bonds is 7. The summed E-state index contributed by atoms with van der Waals surface area (Å²) in [4.78, 5) is 3.89. The van der Waals surface area contributed by atoms with Crippen LogP contribution in [0.4, 0.5) is 5.69 Å². The fourth-order valence-electron chi connectivity index (χ4n) is 5.12. The molecule has 0 radical (unpaired) electrons. The number of piperazine rings is 1. The summed E-state index contributed by atoms with van der Waals surface area (Å²) in [5.74, 6) is 2.02. The normalized spacial score (nSPS) is 27.4. The highest BCUT2D eigenvalue weighted by atomic mass is 35.5. The van der Waals surface area contributed by atoms with Crippen LogP contribution < -0.4 is 9.80 Å². The van der Waals surface area contributed by atoms with Crippen LogP contribution in [0.25, 0.3) is 0 Å². The minimum absolute atomic E-state index is 0.311. The van der Waals surface area contributed by atoms with Crippen LogP contribution in [-0.4, -0.2) is 56.6 Å². The van der Waals surface area contributed by atoms with E-state index < -0.39 is 0 Å². The van der Waals surface area contributed by atoms with E-state index in [1.165, 1.54) is 29.0 Å². The second-order valence-corrected chi connectivity index (χ2v) is 10.2. The Morgan fingerprint density at radius 1 is 1.24 bits per heavy atom. The van der Waals surface area contributed by atoms with Gasteiger partial charge >= 0.3 is 0 Å². The quantitative estimate of drug-likeness (QED) is 0.707. The summed E-state index contributed by atoms with van der Waals surface area (Å²) in [6.45, 7) is 14.4. The summed E-state index contributed by atoms with van der Waals surface area (Å²) in [6, 6.07) is 6.12. The highest BCUT2D eigenvalue weighted by Gasteiger charge is 2.32. The second-order valence-electron chi connectivity index (χ2n) is 9.72. The molecule has 0 bridgehead atoms. The van der Waals surface area contributed by atoms with Crippen LogP contribution in [0.3, 0.4) is 0 Å². The van der Waals surface area contributed by atoms with Gasteiger partial charge in [0, 0.05) is 10.7 Å². The number of anilines is 1. The third-order valence-electron chi connectivity index (χ3n) is 6.97. The lowest BCUT2D eigenvalue weighted by Gasteiger charge is -2.38. The molecular formula is C24H40ClN2O2+. The van der Waals surface area contributed by atoms with Gasteiger partial charge in [0.2, 0.25) is 0 Å². The van der Waals surface area contributed by atoms with E-state index in [4.69, 9.17) is 16.3 Å². The predicted molar refractivity (Wildman–Crippen MR) is 121 cm³/mol. The van der Waals surface area contributed by atoms with E-state index in [9.17, 15) is 5.11 Å². The van der Waals surface area contributed by atoms with E-state index in [2.05, 4.69) is 44.7 Å². The molecule has 1 aliphatic heterocycles. The highest BCUT2D eigenvalue weighted by molar-refractivity contribution is 6.30. The molecule has 1 aromatic rings. The van der Waals surface area contributed by atoms with Crippen molar-refractivity contribution in [2.75, 3.05) is 44.2 Å². The molecule has 0 aromatic heterocycles. The summed E-state index contributed by atoms with van der Waals surface area (Å²) in [5, 5.41) is 11.4. The Bertz CT molecular complexity index is 646. The number of aliphatic hydroxyl groups is 1. The van der Waals surface area contributed by atoms with Crippen molar-refractivity contribution in [3.8, 4) is 0 Å². The van der Waals surface area contributed by atoms with E-state index in [1.54, 1.807) is 0 Å². The van der Waals surface area contributed by atoms with Gasteiger partial charge in [0.15, 0.2) is 0 Å².